The van der Waals surface area contributed by atoms with E-state index in [1.807, 2.05) is 36.4 Å². The van der Waals surface area contributed by atoms with Crippen molar-refractivity contribution in [2.24, 2.45) is 0 Å². The lowest BCUT2D eigenvalue weighted by Gasteiger charge is -2.11. The van der Waals surface area contributed by atoms with E-state index in [0.717, 1.165) is 28.7 Å². The van der Waals surface area contributed by atoms with Crippen molar-refractivity contribution < 1.29 is 28.1 Å². The molecule has 0 unspecified atom stereocenters. The number of nitrogens with zero attached hydrogens (tertiary/aromatic N) is 1. The van der Waals surface area contributed by atoms with E-state index in [9.17, 15) is 13.2 Å². The van der Waals surface area contributed by atoms with Gasteiger partial charge in [0.25, 0.3) is 0 Å². The fraction of sp³-hybridized carbons (Fsp3) is 0.107. The number of nitrogens with two attached hydrogens (primary N) is 1. The topological polar surface area (TPSA) is 80.8 Å². The number of halogens is 3. The van der Waals surface area contributed by atoms with Crippen LogP contribution in [0.1, 0.15) is 29.3 Å². The van der Waals surface area contributed by atoms with E-state index in [0.29, 0.717) is 22.4 Å². The van der Waals surface area contributed by atoms with E-state index < -0.39 is 11.7 Å². The number of nitrogens with one attached hydrogen (secondary N) is 1. The van der Waals surface area contributed by atoms with Crippen LogP contribution in [-0.4, -0.2) is 16.8 Å². The molecule has 4 aromatic rings. The van der Waals surface area contributed by atoms with Gasteiger partial charge in [-0.2, -0.15) is 13.2 Å². The molecule has 0 radical (unpaired) electrons. The number of benzene rings is 3. The second kappa shape index (κ2) is 10.4. The van der Waals surface area contributed by atoms with Gasteiger partial charge < -0.3 is 9.47 Å². The van der Waals surface area contributed by atoms with Crippen molar-refractivity contribution in [3.05, 3.63) is 107 Å². The molecule has 8 heteroatoms. The lowest BCUT2D eigenvalue weighted by Crippen LogP contribution is -2.40. The van der Waals surface area contributed by atoms with Crippen LogP contribution in [0.4, 0.5) is 13.2 Å². The number of hydrogen-bond acceptors (Lipinski definition) is 4. The lowest BCUT2D eigenvalue weighted by molar-refractivity contribution is -0.137. The number of pyridine rings is 1. The van der Waals surface area contributed by atoms with Crippen LogP contribution in [0.25, 0.3) is 22.6 Å². The SMILES string of the molecule is CC(=[NH2+])OC(=N)/C(=C/c1ccc(C(F)(F)F)cc1)c1ccc(OCc2ccc3ccccc3n2)cc1. The summed E-state index contributed by atoms with van der Waals surface area (Å²) in [6.07, 6.45) is -2.86. The molecule has 5 nitrogen and oxygen atoms in total. The maximum Gasteiger partial charge on any atom is 0.416 e. The van der Waals surface area contributed by atoms with Crippen molar-refractivity contribution in [1.82, 2.24) is 4.98 Å². The Morgan fingerprint density at radius 3 is 2.31 bits per heavy atom. The van der Waals surface area contributed by atoms with Crippen LogP contribution in [0.3, 0.4) is 0 Å². The molecule has 1 aromatic heterocycles. The van der Waals surface area contributed by atoms with Gasteiger partial charge >= 0.3 is 12.1 Å². The number of alkyl halides is 3. The van der Waals surface area contributed by atoms with Crippen molar-refractivity contribution >= 4 is 34.3 Å². The average molecular weight is 491 g/mol. The summed E-state index contributed by atoms with van der Waals surface area (Å²) in [4.78, 5) is 4.59. The number of rotatable bonds is 6. The van der Waals surface area contributed by atoms with Crippen molar-refractivity contribution in [3.8, 4) is 5.75 Å². The number of hydrogen-bond donors (Lipinski definition) is 2. The maximum atomic E-state index is 12.9. The van der Waals surface area contributed by atoms with Crippen LogP contribution in [0, 0.1) is 5.41 Å². The molecule has 1 heterocycles. The second-order valence-electron chi connectivity index (χ2n) is 8.03. The quantitative estimate of drug-likeness (QED) is 0.211. The van der Waals surface area contributed by atoms with E-state index in [4.69, 9.17) is 20.3 Å². The second-order valence-corrected chi connectivity index (χ2v) is 8.03. The normalized spacial score (nSPS) is 11.8. The minimum absolute atomic E-state index is 0.0705. The summed E-state index contributed by atoms with van der Waals surface area (Å²) in [5, 5.41) is 15.0. The van der Waals surface area contributed by atoms with E-state index in [1.165, 1.54) is 19.1 Å². The average Bonchev–Trinajstić information content (AvgIpc) is 2.85. The van der Waals surface area contributed by atoms with Crippen LogP contribution in [-0.2, 0) is 17.5 Å². The third-order valence-electron chi connectivity index (χ3n) is 5.26. The van der Waals surface area contributed by atoms with E-state index in [1.54, 1.807) is 30.3 Å². The Hall–Kier alpha value is -4.46. The Balaban J connectivity index is 1.54. The van der Waals surface area contributed by atoms with Gasteiger partial charge in [-0.05, 0) is 53.6 Å². The molecule has 0 amide bonds. The highest BCUT2D eigenvalue weighted by molar-refractivity contribution is 6.24. The molecule has 3 aromatic carbocycles. The number of ether oxygens (including phenoxy) is 2. The molecule has 0 spiro atoms. The molecule has 0 bridgehead atoms. The van der Waals surface area contributed by atoms with E-state index in [2.05, 4.69) is 4.98 Å². The number of fused-ring (bicyclic) bond motifs is 1. The summed E-state index contributed by atoms with van der Waals surface area (Å²) in [5.74, 6) is 0.432. The van der Waals surface area contributed by atoms with Crippen LogP contribution in [0.5, 0.6) is 5.75 Å². The summed E-state index contributed by atoms with van der Waals surface area (Å²) >= 11 is 0. The first-order chi connectivity index (χ1) is 17.2. The van der Waals surface area contributed by atoms with Crippen LogP contribution < -0.4 is 10.1 Å². The van der Waals surface area contributed by atoms with Gasteiger partial charge in [0.15, 0.2) is 0 Å². The molecule has 0 fully saturated rings. The molecule has 0 aliphatic rings. The largest absolute Gasteiger partial charge is 0.487 e. The molecule has 36 heavy (non-hydrogen) atoms. The zero-order valence-electron chi connectivity index (χ0n) is 19.3. The van der Waals surface area contributed by atoms with Crippen molar-refractivity contribution in [3.63, 3.8) is 0 Å². The van der Waals surface area contributed by atoms with Crippen LogP contribution in [0.2, 0.25) is 0 Å². The van der Waals surface area contributed by atoms with Gasteiger partial charge in [-0.25, -0.2) is 10.4 Å². The molecule has 4 rings (SSSR count). The zero-order valence-corrected chi connectivity index (χ0v) is 19.3. The minimum Gasteiger partial charge on any atom is -0.487 e. The fourth-order valence-corrected chi connectivity index (χ4v) is 3.51. The Morgan fingerprint density at radius 2 is 1.64 bits per heavy atom. The predicted molar refractivity (Wildman–Crippen MR) is 133 cm³/mol. The minimum atomic E-state index is -4.43. The third kappa shape index (κ3) is 6.15. The van der Waals surface area contributed by atoms with Crippen molar-refractivity contribution in [1.29, 1.82) is 5.41 Å². The first kappa shape index (κ1) is 24.7. The monoisotopic (exact) mass is 490 g/mol. The summed E-state index contributed by atoms with van der Waals surface area (Å²) in [5.41, 5.74) is 2.35. The molecular formula is C28H23F3N3O2+. The molecule has 0 aliphatic carbocycles. The maximum absolute atomic E-state index is 12.9. The van der Waals surface area contributed by atoms with Gasteiger partial charge in [-0.3, -0.25) is 5.41 Å². The molecule has 0 saturated carbocycles. The van der Waals surface area contributed by atoms with Crippen LogP contribution >= 0.6 is 0 Å². The van der Waals surface area contributed by atoms with Gasteiger partial charge in [0.1, 0.15) is 12.4 Å². The molecule has 0 saturated heterocycles. The Labute approximate surface area is 205 Å². The molecule has 3 N–H and O–H groups in total. The molecule has 0 aliphatic heterocycles. The Kier molecular flexibility index (Phi) is 7.15. The van der Waals surface area contributed by atoms with Gasteiger partial charge in [-0.1, -0.05) is 48.5 Å². The first-order valence-corrected chi connectivity index (χ1v) is 11.0. The van der Waals surface area contributed by atoms with Gasteiger partial charge in [0.2, 0.25) is 5.90 Å². The highest BCUT2D eigenvalue weighted by Gasteiger charge is 2.29. The highest BCUT2D eigenvalue weighted by atomic mass is 19.4. The van der Waals surface area contributed by atoms with Gasteiger partial charge in [0.05, 0.1) is 23.7 Å². The van der Waals surface area contributed by atoms with Crippen molar-refractivity contribution in [2.75, 3.05) is 0 Å². The fourth-order valence-electron chi connectivity index (χ4n) is 3.51. The Morgan fingerprint density at radius 1 is 0.944 bits per heavy atom. The summed E-state index contributed by atoms with van der Waals surface area (Å²) in [6.45, 7) is 1.78. The first-order valence-electron chi connectivity index (χ1n) is 11.0. The lowest BCUT2D eigenvalue weighted by atomic mass is 10.0. The molecule has 182 valence electrons. The standard InChI is InChI=1S/C28H22F3N3O2/c1-18(32)36-27(33)25(16-19-6-11-22(12-7-19)28(29,30)31)20-9-14-24(15-10-20)35-17-23-13-8-21-4-2-3-5-26(21)34-23/h2-16,32-33H,17H2,1H3/p+1/b25-16+,32-18?,33-27?. The van der Waals surface area contributed by atoms with Crippen molar-refractivity contribution in [2.45, 2.75) is 19.7 Å². The van der Waals surface area contributed by atoms with Gasteiger partial charge in [-0.15, -0.1) is 0 Å². The van der Waals surface area contributed by atoms with E-state index >= 15 is 0 Å². The summed E-state index contributed by atoms with van der Waals surface area (Å²) in [6, 6.07) is 23.3. The molecule has 0 atom stereocenters. The van der Waals surface area contributed by atoms with E-state index in [-0.39, 0.29) is 18.4 Å². The summed E-state index contributed by atoms with van der Waals surface area (Å²) < 4.78 is 49.8. The Bertz CT molecular complexity index is 1430. The van der Waals surface area contributed by atoms with Crippen LogP contribution in [0.15, 0.2) is 84.9 Å². The third-order valence-corrected chi connectivity index (χ3v) is 5.26. The molecular weight excluding hydrogens is 467 g/mol. The number of aromatic nitrogens is 1. The number of para-hydroxylation sites is 1. The highest BCUT2D eigenvalue weighted by Crippen LogP contribution is 2.30. The zero-order chi connectivity index (χ0) is 25.7. The predicted octanol–water partition coefficient (Wildman–Crippen LogP) is 5.54. The van der Waals surface area contributed by atoms with Gasteiger partial charge in [0, 0.05) is 11.0 Å². The summed E-state index contributed by atoms with van der Waals surface area (Å²) in [7, 11) is 0. The smallest absolute Gasteiger partial charge is 0.416 e.